The van der Waals surface area contributed by atoms with Crippen LogP contribution in [0.25, 0.3) is 10.8 Å². The lowest BCUT2D eigenvalue weighted by molar-refractivity contribution is -0.134. The summed E-state index contributed by atoms with van der Waals surface area (Å²) in [7, 11) is 3.43. The van der Waals surface area contributed by atoms with Crippen LogP contribution >= 0.6 is 0 Å². The molecular weight excluding hydrogens is 480 g/mol. The van der Waals surface area contributed by atoms with E-state index in [0.717, 1.165) is 74.5 Å². The van der Waals surface area contributed by atoms with Gasteiger partial charge in [0.05, 0.1) is 13.2 Å². The quantitative estimate of drug-likeness (QED) is 0.101. The van der Waals surface area contributed by atoms with E-state index in [9.17, 15) is 4.79 Å². The summed E-state index contributed by atoms with van der Waals surface area (Å²) in [4.78, 5) is 12.5. The molecule has 0 saturated heterocycles. The summed E-state index contributed by atoms with van der Waals surface area (Å²) < 4.78 is 28.7. The van der Waals surface area contributed by atoms with Gasteiger partial charge in [-0.3, -0.25) is 4.79 Å². The van der Waals surface area contributed by atoms with Gasteiger partial charge < -0.3 is 23.7 Å². The van der Waals surface area contributed by atoms with Gasteiger partial charge in [-0.25, -0.2) is 0 Å². The Hall–Kier alpha value is -3.09. The van der Waals surface area contributed by atoms with Gasteiger partial charge in [0, 0.05) is 39.2 Å². The van der Waals surface area contributed by atoms with Crippen LogP contribution in [0.5, 0.6) is 17.2 Å². The third-order valence-corrected chi connectivity index (χ3v) is 6.32. The fourth-order valence-corrected chi connectivity index (χ4v) is 4.25. The normalized spacial score (nSPS) is 11.0. The van der Waals surface area contributed by atoms with Crippen LogP contribution in [-0.2, 0) is 20.7 Å². The number of unbranched alkanes of at least 4 members (excludes halogenated alkanes) is 4. The van der Waals surface area contributed by atoms with Crippen molar-refractivity contribution < 1.29 is 28.5 Å². The van der Waals surface area contributed by atoms with Crippen molar-refractivity contribution in [1.29, 1.82) is 0 Å². The van der Waals surface area contributed by atoms with Crippen molar-refractivity contribution in [3.05, 3.63) is 65.7 Å². The summed E-state index contributed by atoms with van der Waals surface area (Å²) in [6.45, 7) is 4.32. The SMILES string of the molecule is CCC(=O)Oc1c(OCCCCCOC)c(OCCCCCOC)cc2ccc(Cc3ccccc3)cc12. The lowest BCUT2D eigenvalue weighted by atomic mass is 10.00. The smallest absolute Gasteiger partial charge is 0.311 e. The minimum atomic E-state index is -0.304. The van der Waals surface area contributed by atoms with E-state index in [1.807, 2.05) is 24.3 Å². The molecule has 0 bridgehead atoms. The largest absolute Gasteiger partial charge is 0.490 e. The van der Waals surface area contributed by atoms with Crippen molar-refractivity contribution in [2.45, 2.75) is 58.3 Å². The van der Waals surface area contributed by atoms with Crippen molar-refractivity contribution in [2.75, 3.05) is 40.6 Å². The van der Waals surface area contributed by atoms with E-state index < -0.39 is 0 Å². The molecule has 6 nitrogen and oxygen atoms in total. The molecule has 0 saturated carbocycles. The molecule has 0 fully saturated rings. The Balaban J connectivity index is 1.92. The molecule has 0 heterocycles. The molecule has 206 valence electrons. The molecular formula is C32H42O6. The van der Waals surface area contributed by atoms with Crippen LogP contribution in [0.15, 0.2) is 54.6 Å². The molecule has 0 unspecified atom stereocenters. The Kier molecular flexibility index (Phi) is 12.9. The average Bonchev–Trinajstić information content (AvgIpc) is 2.94. The van der Waals surface area contributed by atoms with Gasteiger partial charge in [0.1, 0.15) is 0 Å². The first-order valence-corrected chi connectivity index (χ1v) is 13.7. The van der Waals surface area contributed by atoms with E-state index in [2.05, 4.69) is 30.3 Å². The van der Waals surface area contributed by atoms with Gasteiger partial charge >= 0.3 is 5.97 Å². The third-order valence-electron chi connectivity index (χ3n) is 6.32. The molecule has 0 atom stereocenters. The van der Waals surface area contributed by atoms with Gasteiger partial charge in [0.15, 0.2) is 11.5 Å². The van der Waals surface area contributed by atoms with Crippen molar-refractivity contribution in [2.24, 2.45) is 0 Å². The van der Waals surface area contributed by atoms with Gasteiger partial charge in [-0.2, -0.15) is 0 Å². The van der Waals surface area contributed by atoms with E-state index in [1.54, 1.807) is 21.1 Å². The highest BCUT2D eigenvalue weighted by molar-refractivity contribution is 5.95. The maximum absolute atomic E-state index is 12.5. The summed E-state index contributed by atoms with van der Waals surface area (Å²) in [5.74, 6) is 1.24. The topological polar surface area (TPSA) is 63.2 Å². The average molecular weight is 523 g/mol. The number of carbonyl (C=O) groups excluding carboxylic acids is 1. The third kappa shape index (κ3) is 9.34. The molecule has 0 aliphatic carbocycles. The Bertz CT molecular complexity index is 1110. The van der Waals surface area contributed by atoms with Crippen LogP contribution < -0.4 is 14.2 Å². The van der Waals surface area contributed by atoms with Gasteiger partial charge in [-0.15, -0.1) is 0 Å². The van der Waals surface area contributed by atoms with Gasteiger partial charge in [-0.05, 0) is 73.6 Å². The molecule has 6 heteroatoms. The van der Waals surface area contributed by atoms with Crippen molar-refractivity contribution in [3.8, 4) is 17.2 Å². The number of methoxy groups -OCH3 is 2. The molecule has 0 radical (unpaired) electrons. The van der Waals surface area contributed by atoms with Crippen LogP contribution in [0.3, 0.4) is 0 Å². The Morgan fingerprint density at radius 2 is 1.34 bits per heavy atom. The lowest BCUT2D eigenvalue weighted by Crippen LogP contribution is -2.10. The van der Waals surface area contributed by atoms with Gasteiger partial charge in [-0.1, -0.05) is 49.4 Å². The summed E-state index contributed by atoms with van der Waals surface area (Å²) in [6.07, 6.45) is 6.79. The van der Waals surface area contributed by atoms with E-state index >= 15 is 0 Å². The maximum Gasteiger partial charge on any atom is 0.311 e. The summed E-state index contributed by atoms with van der Waals surface area (Å²) in [6, 6.07) is 18.6. The number of carbonyl (C=O) groups is 1. The minimum Gasteiger partial charge on any atom is -0.490 e. The summed E-state index contributed by atoms with van der Waals surface area (Å²) in [5.41, 5.74) is 2.36. The fraction of sp³-hybridized carbons (Fsp3) is 0.469. The van der Waals surface area contributed by atoms with Crippen LogP contribution in [0.2, 0.25) is 0 Å². The number of ether oxygens (including phenoxy) is 5. The second kappa shape index (κ2) is 16.7. The van der Waals surface area contributed by atoms with Crippen molar-refractivity contribution in [3.63, 3.8) is 0 Å². The fourth-order valence-electron chi connectivity index (χ4n) is 4.25. The Morgan fingerprint density at radius 1 is 0.684 bits per heavy atom. The minimum absolute atomic E-state index is 0.270. The summed E-state index contributed by atoms with van der Waals surface area (Å²) >= 11 is 0. The number of esters is 1. The maximum atomic E-state index is 12.5. The van der Waals surface area contributed by atoms with E-state index in [4.69, 9.17) is 23.7 Å². The van der Waals surface area contributed by atoms with E-state index in [0.29, 0.717) is 30.5 Å². The highest BCUT2D eigenvalue weighted by atomic mass is 16.6. The molecule has 3 rings (SSSR count). The van der Waals surface area contributed by atoms with Gasteiger partial charge in [0.25, 0.3) is 0 Å². The predicted octanol–water partition coefficient (Wildman–Crippen LogP) is 7.14. The number of benzene rings is 3. The lowest BCUT2D eigenvalue weighted by Gasteiger charge is -2.19. The molecule has 3 aromatic rings. The second-order valence-corrected chi connectivity index (χ2v) is 9.38. The second-order valence-electron chi connectivity index (χ2n) is 9.38. The Morgan fingerprint density at radius 3 is 2.00 bits per heavy atom. The molecule has 38 heavy (non-hydrogen) atoms. The molecule has 0 N–H and O–H groups in total. The molecule has 3 aromatic carbocycles. The summed E-state index contributed by atoms with van der Waals surface area (Å²) in [5, 5.41) is 1.80. The molecule has 0 aromatic heterocycles. The number of hydrogen-bond acceptors (Lipinski definition) is 6. The van der Waals surface area contributed by atoms with Crippen LogP contribution in [0, 0.1) is 0 Å². The number of fused-ring (bicyclic) bond motifs is 1. The first kappa shape index (κ1) is 29.5. The number of rotatable bonds is 18. The van der Waals surface area contributed by atoms with Crippen molar-refractivity contribution in [1.82, 2.24) is 0 Å². The van der Waals surface area contributed by atoms with Crippen molar-refractivity contribution >= 4 is 16.7 Å². The van der Waals surface area contributed by atoms with E-state index in [1.165, 1.54) is 5.56 Å². The van der Waals surface area contributed by atoms with Crippen LogP contribution in [0.1, 0.15) is 63.0 Å². The highest BCUT2D eigenvalue weighted by Crippen LogP contribution is 2.45. The van der Waals surface area contributed by atoms with Gasteiger partial charge in [0.2, 0.25) is 5.75 Å². The molecule has 0 spiro atoms. The number of hydrogen-bond donors (Lipinski definition) is 0. The van der Waals surface area contributed by atoms with E-state index in [-0.39, 0.29) is 12.4 Å². The zero-order chi connectivity index (χ0) is 27.0. The predicted molar refractivity (Wildman–Crippen MR) is 152 cm³/mol. The monoisotopic (exact) mass is 522 g/mol. The molecule has 0 aliphatic heterocycles. The molecule has 0 amide bonds. The zero-order valence-electron chi connectivity index (χ0n) is 23.1. The first-order chi connectivity index (χ1) is 18.7. The first-order valence-electron chi connectivity index (χ1n) is 13.7. The van der Waals surface area contributed by atoms with Crippen LogP contribution in [0.4, 0.5) is 0 Å². The highest BCUT2D eigenvalue weighted by Gasteiger charge is 2.21. The van der Waals surface area contributed by atoms with Crippen LogP contribution in [-0.4, -0.2) is 46.6 Å². The standard InChI is InChI=1S/C32H42O6/c1-4-30(33)38-31-28-23-26(22-25-14-8-5-9-15-25)16-17-27(28)24-29(36-20-12-6-10-18-34-2)32(31)37-21-13-7-11-19-35-3/h5,8-9,14-17,23-24H,4,6-7,10-13,18-22H2,1-3H3. The zero-order valence-corrected chi connectivity index (χ0v) is 23.1. The molecule has 0 aliphatic rings. The Labute approximate surface area is 227 Å².